The molecule has 1 fully saturated rings. The molecule has 0 radical (unpaired) electrons. The molecule has 9 nitrogen and oxygen atoms in total. The molecule has 1 aliphatic rings. The number of aromatic nitrogens is 3. The molecule has 3 aromatic carbocycles. The summed E-state index contributed by atoms with van der Waals surface area (Å²) in [6.07, 6.45) is 1.15. The van der Waals surface area contributed by atoms with Crippen molar-refractivity contribution < 1.29 is 19.1 Å². The van der Waals surface area contributed by atoms with Crippen molar-refractivity contribution >= 4 is 23.6 Å². The van der Waals surface area contributed by atoms with Gasteiger partial charge in [0.05, 0.1) is 19.9 Å². The molecule has 1 aromatic heterocycles. The Hall–Kier alpha value is -4.31. The molecule has 1 unspecified atom stereocenters. The van der Waals surface area contributed by atoms with Crippen LogP contribution in [0.15, 0.2) is 78.0 Å². The fourth-order valence-corrected chi connectivity index (χ4v) is 6.18. The van der Waals surface area contributed by atoms with Gasteiger partial charge in [0.15, 0.2) is 11.0 Å². The Kier molecular flexibility index (Phi) is 9.66. The van der Waals surface area contributed by atoms with Gasteiger partial charge in [-0.05, 0) is 44.0 Å². The summed E-state index contributed by atoms with van der Waals surface area (Å²) < 4.78 is 12.8. The Bertz CT molecular complexity index is 1550. The van der Waals surface area contributed by atoms with Crippen LogP contribution in [0, 0.1) is 6.92 Å². The molecule has 5 rings (SSSR count). The summed E-state index contributed by atoms with van der Waals surface area (Å²) >= 11 is 1.61. The van der Waals surface area contributed by atoms with Crippen LogP contribution in [0.1, 0.15) is 35.7 Å². The molecule has 0 saturated carbocycles. The van der Waals surface area contributed by atoms with E-state index in [2.05, 4.69) is 33.8 Å². The second kappa shape index (κ2) is 13.8. The Morgan fingerprint density at radius 1 is 0.930 bits per heavy atom. The number of carbonyl (C=O) groups is 2. The Morgan fingerprint density at radius 2 is 1.63 bits per heavy atom. The van der Waals surface area contributed by atoms with Gasteiger partial charge in [0.25, 0.3) is 5.91 Å². The third-order valence-corrected chi connectivity index (χ3v) is 8.64. The van der Waals surface area contributed by atoms with Crippen molar-refractivity contribution in [1.29, 1.82) is 0 Å². The van der Waals surface area contributed by atoms with E-state index in [1.165, 1.54) is 0 Å². The summed E-state index contributed by atoms with van der Waals surface area (Å²) in [4.78, 5) is 30.1. The van der Waals surface area contributed by atoms with Gasteiger partial charge in [-0.1, -0.05) is 60.3 Å². The lowest BCUT2D eigenvalue weighted by Gasteiger charge is -2.40. The third kappa shape index (κ3) is 6.85. The first-order valence-electron chi connectivity index (χ1n) is 14.4. The first-order chi connectivity index (χ1) is 20.9. The summed E-state index contributed by atoms with van der Waals surface area (Å²) in [6.45, 7) is 5.54. The Morgan fingerprint density at radius 3 is 2.30 bits per heavy atom. The maximum absolute atomic E-state index is 13.3. The van der Waals surface area contributed by atoms with Crippen molar-refractivity contribution in [2.45, 2.75) is 37.9 Å². The first-order valence-corrected chi connectivity index (χ1v) is 15.4. The summed E-state index contributed by atoms with van der Waals surface area (Å²) in [5, 5.41) is 9.86. The molecule has 0 spiro atoms. The van der Waals surface area contributed by atoms with Gasteiger partial charge in [0.2, 0.25) is 5.91 Å². The van der Waals surface area contributed by atoms with Crippen LogP contribution < -0.4 is 9.47 Å². The highest BCUT2D eigenvalue weighted by molar-refractivity contribution is 7.99. The average molecular weight is 600 g/mol. The van der Waals surface area contributed by atoms with Crippen LogP contribution in [0.5, 0.6) is 11.5 Å². The van der Waals surface area contributed by atoms with E-state index in [0.29, 0.717) is 49.5 Å². The van der Waals surface area contributed by atoms with Crippen molar-refractivity contribution in [2.24, 2.45) is 0 Å². The molecule has 1 aliphatic heterocycles. The molecular weight excluding hydrogens is 562 g/mol. The molecule has 1 saturated heterocycles. The topological polar surface area (TPSA) is 89.8 Å². The Balaban J connectivity index is 1.18. The van der Waals surface area contributed by atoms with Gasteiger partial charge in [-0.15, -0.1) is 10.2 Å². The van der Waals surface area contributed by atoms with Gasteiger partial charge >= 0.3 is 0 Å². The van der Waals surface area contributed by atoms with E-state index in [1.807, 2.05) is 59.2 Å². The number of rotatable bonds is 10. The number of amides is 2. The monoisotopic (exact) mass is 599 g/mol. The van der Waals surface area contributed by atoms with Crippen LogP contribution in [0.3, 0.4) is 0 Å². The third-order valence-electron chi connectivity index (χ3n) is 7.63. The van der Waals surface area contributed by atoms with Gasteiger partial charge in [-0.3, -0.25) is 14.2 Å². The van der Waals surface area contributed by atoms with Crippen LogP contribution in [0.4, 0.5) is 0 Å². The number of piperazine rings is 1. The van der Waals surface area contributed by atoms with Crippen molar-refractivity contribution in [2.75, 3.05) is 39.6 Å². The molecule has 2 heterocycles. The summed E-state index contributed by atoms with van der Waals surface area (Å²) in [5.41, 5.74) is 3.68. The highest BCUT2D eigenvalue weighted by Gasteiger charge is 2.30. The number of para-hydroxylation sites is 1. The normalized spacial score (nSPS) is 14.9. The van der Waals surface area contributed by atoms with E-state index in [-0.39, 0.29) is 17.9 Å². The summed E-state index contributed by atoms with van der Waals surface area (Å²) in [6, 6.07) is 23.3. The number of methoxy groups -OCH3 is 2. The zero-order valence-corrected chi connectivity index (χ0v) is 25.8. The second-order valence-corrected chi connectivity index (χ2v) is 11.6. The lowest BCUT2D eigenvalue weighted by atomic mass is 10.1. The van der Waals surface area contributed by atoms with Gasteiger partial charge in [-0.25, -0.2) is 0 Å². The molecule has 224 valence electrons. The van der Waals surface area contributed by atoms with Gasteiger partial charge in [-0.2, -0.15) is 0 Å². The minimum atomic E-state index is -0.110. The van der Waals surface area contributed by atoms with E-state index in [4.69, 9.17) is 9.47 Å². The molecule has 10 heteroatoms. The summed E-state index contributed by atoms with van der Waals surface area (Å²) in [5.74, 6) is 2.66. The minimum Gasteiger partial charge on any atom is -0.497 e. The zero-order chi connectivity index (χ0) is 30.3. The molecule has 0 aliphatic carbocycles. The van der Waals surface area contributed by atoms with E-state index in [9.17, 15) is 9.59 Å². The van der Waals surface area contributed by atoms with Crippen molar-refractivity contribution in [3.8, 4) is 28.6 Å². The van der Waals surface area contributed by atoms with Crippen molar-refractivity contribution in [3.05, 3.63) is 83.9 Å². The number of hydrogen-bond acceptors (Lipinski definition) is 7. The van der Waals surface area contributed by atoms with E-state index in [0.717, 1.165) is 33.5 Å². The molecule has 2 amide bonds. The predicted octanol–water partition coefficient (Wildman–Crippen LogP) is 5.51. The molecular formula is C33H37N5O4S. The quantitative estimate of drug-likeness (QED) is 0.176. The largest absolute Gasteiger partial charge is 0.497 e. The number of carbonyl (C=O) groups excluding carboxylic acids is 2. The molecule has 0 N–H and O–H groups in total. The number of nitrogens with zero attached hydrogens (tertiary/aromatic N) is 5. The van der Waals surface area contributed by atoms with Gasteiger partial charge in [0.1, 0.15) is 11.5 Å². The molecule has 4 aromatic rings. The van der Waals surface area contributed by atoms with Crippen LogP contribution in [-0.4, -0.2) is 82.0 Å². The second-order valence-electron chi connectivity index (χ2n) is 10.5. The van der Waals surface area contributed by atoms with E-state index in [1.54, 1.807) is 44.2 Å². The molecule has 43 heavy (non-hydrogen) atoms. The van der Waals surface area contributed by atoms with E-state index >= 15 is 0 Å². The van der Waals surface area contributed by atoms with Crippen molar-refractivity contribution in [1.82, 2.24) is 24.6 Å². The number of thioether (sulfide) groups is 1. The van der Waals surface area contributed by atoms with Crippen LogP contribution >= 0.6 is 11.8 Å². The Labute approximate surface area is 256 Å². The maximum Gasteiger partial charge on any atom is 0.254 e. The predicted molar refractivity (Wildman–Crippen MR) is 168 cm³/mol. The standard InChI is InChI=1S/C33H37N5O4S/c1-23-11-8-9-14-29(23)38-31(25-12-6-5-7-13-25)34-35-33(38)43-18-10-15-30(39)36-16-17-37(24(2)22-36)32(40)26-19-27(41-3)21-28(20-26)42-4/h5-9,11-14,19-21,24H,10,15-18,22H2,1-4H3. The number of aryl methyl sites for hydroxylation is 1. The average Bonchev–Trinajstić information content (AvgIpc) is 3.46. The maximum atomic E-state index is 13.3. The van der Waals surface area contributed by atoms with Gasteiger partial charge < -0.3 is 19.3 Å². The highest BCUT2D eigenvalue weighted by atomic mass is 32.2. The van der Waals surface area contributed by atoms with Gasteiger partial charge in [0, 0.05) is 55.0 Å². The number of hydrogen-bond donors (Lipinski definition) is 0. The van der Waals surface area contributed by atoms with Crippen molar-refractivity contribution in [3.63, 3.8) is 0 Å². The SMILES string of the molecule is COc1cc(OC)cc(C(=O)N2CCN(C(=O)CCCSc3nnc(-c4ccccc4)n3-c3ccccc3C)CC2C)c1. The smallest absolute Gasteiger partial charge is 0.254 e. The first kappa shape index (κ1) is 30.2. The molecule has 0 bridgehead atoms. The van der Waals surface area contributed by atoms with Crippen LogP contribution in [0.2, 0.25) is 0 Å². The lowest BCUT2D eigenvalue weighted by Crippen LogP contribution is -2.55. The minimum absolute atomic E-state index is 0.0964. The fraction of sp³-hybridized carbons (Fsp3) is 0.333. The highest BCUT2D eigenvalue weighted by Crippen LogP contribution is 2.30. The number of ether oxygens (including phenoxy) is 2. The summed E-state index contributed by atoms with van der Waals surface area (Å²) in [7, 11) is 3.12. The zero-order valence-electron chi connectivity index (χ0n) is 25.0. The van der Waals surface area contributed by atoms with Crippen LogP contribution in [0.25, 0.3) is 17.1 Å². The lowest BCUT2D eigenvalue weighted by molar-refractivity contribution is -0.133. The van der Waals surface area contributed by atoms with E-state index < -0.39 is 0 Å². The number of benzene rings is 3. The molecule has 1 atom stereocenters. The van der Waals surface area contributed by atoms with Crippen LogP contribution in [-0.2, 0) is 4.79 Å². The fourth-order valence-electron chi connectivity index (χ4n) is 5.30.